The van der Waals surface area contributed by atoms with Gasteiger partial charge >= 0.3 is 11.7 Å². The van der Waals surface area contributed by atoms with Crippen LogP contribution in [0.2, 0.25) is 0 Å². The number of hydrogen-bond donors (Lipinski definition) is 2. The highest BCUT2D eigenvalue weighted by Gasteiger charge is 2.19. The van der Waals surface area contributed by atoms with E-state index >= 15 is 0 Å². The smallest absolute Gasteiger partial charge is 0.328 e. The minimum atomic E-state index is -1.04. The second-order valence-electron chi connectivity index (χ2n) is 5.68. The number of benzene rings is 1. The maximum absolute atomic E-state index is 12.1. The monoisotopic (exact) mass is 345 g/mol. The molecule has 2 aromatic rings. The van der Waals surface area contributed by atoms with Gasteiger partial charge in [-0.25, -0.2) is 4.79 Å². The number of ether oxygens (including phenoxy) is 1. The molecule has 1 atom stereocenters. The molecule has 0 saturated carbocycles. The highest BCUT2D eigenvalue weighted by molar-refractivity contribution is 5.95. The van der Waals surface area contributed by atoms with Gasteiger partial charge in [0.25, 0.3) is 11.5 Å². The summed E-state index contributed by atoms with van der Waals surface area (Å²) in [5, 5.41) is 2.69. The van der Waals surface area contributed by atoms with Crippen LogP contribution in [-0.4, -0.2) is 27.5 Å². The number of amides is 1. The van der Waals surface area contributed by atoms with Crippen LogP contribution in [0.5, 0.6) is 0 Å². The molecule has 0 fully saturated rings. The van der Waals surface area contributed by atoms with Crippen molar-refractivity contribution in [2.45, 2.75) is 33.4 Å². The Morgan fingerprint density at radius 3 is 2.60 bits per heavy atom. The fourth-order valence-electron chi connectivity index (χ4n) is 2.18. The molecule has 0 saturated heterocycles. The Bertz CT molecular complexity index is 913. The van der Waals surface area contributed by atoms with E-state index in [-0.39, 0.29) is 0 Å². The number of carbonyl (C=O) groups excluding carboxylic acids is 2. The van der Waals surface area contributed by atoms with Crippen molar-refractivity contribution in [3.8, 4) is 0 Å². The molecule has 0 spiro atoms. The van der Waals surface area contributed by atoms with Crippen molar-refractivity contribution >= 4 is 17.6 Å². The predicted molar refractivity (Wildman–Crippen MR) is 91.4 cm³/mol. The standard InChI is InChI=1S/C17H19N3O5/c1-10-4-5-13(11(2)8-10)18-16(23)12(3)25-15(22)9-20-7-6-14(21)19-17(20)24/h4-8,12H,9H2,1-3H3,(H,18,23)(H,19,21,24)/t12-/m0/s1. The van der Waals surface area contributed by atoms with Crippen LogP contribution in [0.1, 0.15) is 18.1 Å². The summed E-state index contributed by atoms with van der Waals surface area (Å²) in [6.45, 7) is 4.84. The summed E-state index contributed by atoms with van der Waals surface area (Å²) < 4.78 is 6.02. The molecule has 1 aromatic heterocycles. The molecule has 0 radical (unpaired) electrons. The Morgan fingerprint density at radius 2 is 1.96 bits per heavy atom. The number of anilines is 1. The number of aromatic nitrogens is 2. The molecule has 132 valence electrons. The number of hydrogen-bond acceptors (Lipinski definition) is 5. The van der Waals surface area contributed by atoms with Crippen molar-refractivity contribution in [2.75, 3.05) is 5.32 Å². The second-order valence-corrected chi connectivity index (χ2v) is 5.68. The molecule has 1 amide bonds. The van der Waals surface area contributed by atoms with Crippen molar-refractivity contribution < 1.29 is 14.3 Å². The van der Waals surface area contributed by atoms with Crippen molar-refractivity contribution in [3.63, 3.8) is 0 Å². The average molecular weight is 345 g/mol. The maximum atomic E-state index is 12.1. The summed E-state index contributed by atoms with van der Waals surface area (Å²) in [5.74, 6) is -1.24. The molecule has 1 heterocycles. The summed E-state index contributed by atoms with van der Waals surface area (Å²) in [4.78, 5) is 48.5. The van der Waals surface area contributed by atoms with Gasteiger partial charge in [0.1, 0.15) is 6.54 Å². The lowest BCUT2D eigenvalue weighted by Gasteiger charge is -2.15. The number of nitrogens with zero attached hydrogens (tertiary/aromatic N) is 1. The fraction of sp³-hybridized carbons (Fsp3) is 0.294. The highest BCUT2D eigenvalue weighted by atomic mass is 16.5. The minimum Gasteiger partial charge on any atom is -0.451 e. The van der Waals surface area contributed by atoms with Crippen LogP contribution in [-0.2, 0) is 20.9 Å². The second kappa shape index (κ2) is 7.61. The van der Waals surface area contributed by atoms with E-state index in [9.17, 15) is 19.2 Å². The zero-order valence-corrected chi connectivity index (χ0v) is 14.2. The number of nitrogens with one attached hydrogen (secondary N) is 2. The molecule has 25 heavy (non-hydrogen) atoms. The molecule has 2 N–H and O–H groups in total. The molecule has 8 heteroatoms. The van der Waals surface area contributed by atoms with Crippen LogP contribution < -0.4 is 16.6 Å². The normalized spacial score (nSPS) is 11.6. The first-order valence-corrected chi connectivity index (χ1v) is 7.63. The van der Waals surface area contributed by atoms with Crippen molar-refractivity contribution in [1.29, 1.82) is 0 Å². The van der Waals surface area contributed by atoms with Gasteiger partial charge < -0.3 is 10.1 Å². The van der Waals surface area contributed by atoms with Gasteiger partial charge in [-0.15, -0.1) is 0 Å². The van der Waals surface area contributed by atoms with Crippen molar-refractivity contribution in [1.82, 2.24) is 9.55 Å². The van der Waals surface area contributed by atoms with Crippen LogP contribution in [0.4, 0.5) is 5.69 Å². The Labute approximate surface area is 143 Å². The first-order chi connectivity index (χ1) is 11.8. The molecule has 8 nitrogen and oxygen atoms in total. The lowest BCUT2D eigenvalue weighted by Crippen LogP contribution is -2.35. The summed E-state index contributed by atoms with van der Waals surface area (Å²) in [5.41, 5.74) is 1.32. The first kappa shape index (κ1) is 18.2. The Hall–Kier alpha value is -3.16. The minimum absolute atomic E-state index is 0.406. The van der Waals surface area contributed by atoms with E-state index in [2.05, 4.69) is 5.32 Å². The lowest BCUT2D eigenvalue weighted by molar-refractivity contribution is -0.153. The molecule has 0 aliphatic carbocycles. The van der Waals surface area contributed by atoms with Gasteiger partial charge in [-0.1, -0.05) is 17.7 Å². The van der Waals surface area contributed by atoms with Gasteiger partial charge in [-0.2, -0.15) is 0 Å². The molecule has 0 bridgehead atoms. The Kier molecular flexibility index (Phi) is 5.53. The van der Waals surface area contributed by atoms with E-state index in [0.717, 1.165) is 21.8 Å². The number of rotatable bonds is 5. The largest absolute Gasteiger partial charge is 0.451 e. The molecular weight excluding hydrogens is 326 g/mol. The third kappa shape index (κ3) is 4.90. The summed E-state index contributed by atoms with van der Waals surface area (Å²) in [6, 6.07) is 6.68. The summed E-state index contributed by atoms with van der Waals surface area (Å²) in [7, 11) is 0. The van der Waals surface area contributed by atoms with Crippen LogP contribution in [0.3, 0.4) is 0 Å². The molecule has 2 rings (SSSR count). The van der Waals surface area contributed by atoms with Crippen LogP contribution in [0.15, 0.2) is 40.1 Å². The zero-order valence-electron chi connectivity index (χ0n) is 14.2. The van der Waals surface area contributed by atoms with Gasteiger partial charge in [-0.05, 0) is 32.4 Å². The molecule has 0 aliphatic rings. The van der Waals surface area contributed by atoms with Gasteiger partial charge in [0.15, 0.2) is 6.10 Å². The summed E-state index contributed by atoms with van der Waals surface area (Å²) >= 11 is 0. The topological polar surface area (TPSA) is 110 Å². The molecule has 0 aliphatic heterocycles. The van der Waals surface area contributed by atoms with E-state index in [0.29, 0.717) is 5.69 Å². The van der Waals surface area contributed by atoms with Gasteiger partial charge in [0.05, 0.1) is 0 Å². The van der Waals surface area contributed by atoms with Gasteiger partial charge in [0, 0.05) is 18.0 Å². The van der Waals surface area contributed by atoms with E-state index < -0.39 is 35.8 Å². The Morgan fingerprint density at radius 1 is 1.24 bits per heavy atom. The van der Waals surface area contributed by atoms with Crippen molar-refractivity contribution in [3.05, 3.63) is 62.4 Å². The van der Waals surface area contributed by atoms with Crippen LogP contribution in [0, 0.1) is 13.8 Å². The average Bonchev–Trinajstić information content (AvgIpc) is 2.52. The summed E-state index contributed by atoms with van der Waals surface area (Å²) in [6.07, 6.45) is 0.148. The Balaban J connectivity index is 1.97. The molecule has 0 unspecified atom stereocenters. The van der Waals surface area contributed by atoms with Crippen LogP contribution >= 0.6 is 0 Å². The van der Waals surface area contributed by atoms with E-state index in [1.807, 2.05) is 31.0 Å². The SMILES string of the molecule is Cc1ccc(NC(=O)[C@H](C)OC(=O)Cn2ccc(=O)[nH]c2=O)c(C)c1. The predicted octanol–water partition coefficient (Wildman–Crippen LogP) is 0.724. The molecule has 1 aromatic carbocycles. The van der Waals surface area contributed by atoms with E-state index in [4.69, 9.17) is 4.74 Å². The number of carbonyl (C=O) groups is 2. The van der Waals surface area contributed by atoms with Gasteiger partial charge in [0.2, 0.25) is 0 Å². The number of esters is 1. The quantitative estimate of drug-likeness (QED) is 0.776. The first-order valence-electron chi connectivity index (χ1n) is 7.63. The lowest BCUT2D eigenvalue weighted by atomic mass is 10.1. The van der Waals surface area contributed by atoms with Gasteiger partial charge in [-0.3, -0.25) is 23.9 Å². The fourth-order valence-corrected chi connectivity index (χ4v) is 2.18. The molecular formula is C17H19N3O5. The zero-order chi connectivity index (χ0) is 18.6. The number of H-pyrrole nitrogens is 1. The number of aryl methyl sites for hydroxylation is 2. The third-order valence-electron chi connectivity index (χ3n) is 3.51. The van der Waals surface area contributed by atoms with Crippen molar-refractivity contribution in [2.24, 2.45) is 0 Å². The highest BCUT2D eigenvalue weighted by Crippen LogP contribution is 2.16. The number of aromatic amines is 1. The maximum Gasteiger partial charge on any atom is 0.328 e. The third-order valence-corrected chi connectivity index (χ3v) is 3.51. The van der Waals surface area contributed by atoms with Crippen LogP contribution in [0.25, 0.3) is 0 Å². The van der Waals surface area contributed by atoms with E-state index in [1.54, 1.807) is 6.07 Å². The van der Waals surface area contributed by atoms with E-state index in [1.165, 1.54) is 13.1 Å².